The lowest BCUT2D eigenvalue weighted by Gasteiger charge is -2.22. The third-order valence-electron chi connectivity index (χ3n) is 3.31. The smallest absolute Gasteiger partial charge is 0.108 e. The predicted molar refractivity (Wildman–Crippen MR) is 90.6 cm³/mol. The van der Waals surface area contributed by atoms with Crippen molar-refractivity contribution in [3.8, 4) is 0 Å². The molecule has 0 saturated carbocycles. The highest BCUT2D eigenvalue weighted by atomic mass is 127. The molecule has 1 aromatic heterocycles. The molecule has 0 aromatic carbocycles. The van der Waals surface area contributed by atoms with Gasteiger partial charge in [0.15, 0.2) is 0 Å². The number of unbranched alkanes of at least 4 members (excludes halogenated alkanes) is 1. The molecule has 1 aromatic rings. The summed E-state index contributed by atoms with van der Waals surface area (Å²) in [4.78, 5) is 6.97. The van der Waals surface area contributed by atoms with Crippen LogP contribution in [0.2, 0.25) is 0 Å². The van der Waals surface area contributed by atoms with Crippen molar-refractivity contribution in [2.75, 3.05) is 31.1 Å². The summed E-state index contributed by atoms with van der Waals surface area (Å²) in [6.45, 7) is 6.58. The van der Waals surface area contributed by atoms with Crippen LogP contribution in [0.5, 0.6) is 0 Å². The van der Waals surface area contributed by atoms with Crippen molar-refractivity contribution in [2.24, 2.45) is 0 Å². The molecule has 0 radical (unpaired) electrons. The molecule has 1 N–H and O–H groups in total. The number of pyridine rings is 1. The third kappa shape index (κ3) is 4.45. The summed E-state index contributed by atoms with van der Waals surface area (Å²) in [7, 11) is 0. The Morgan fingerprint density at radius 2 is 2.32 bits per heavy atom. The van der Waals surface area contributed by atoms with E-state index in [9.17, 15) is 0 Å². The fraction of sp³-hybridized carbons (Fsp3) is 0.533. The maximum Gasteiger partial charge on any atom is 0.108 e. The predicted octanol–water partition coefficient (Wildman–Crippen LogP) is 3.30. The van der Waals surface area contributed by atoms with Crippen LogP contribution < -0.4 is 10.2 Å². The van der Waals surface area contributed by atoms with Crippen molar-refractivity contribution >= 4 is 34.4 Å². The summed E-state index contributed by atoms with van der Waals surface area (Å²) in [6.07, 6.45) is 9.98. The second kappa shape index (κ2) is 7.85. The van der Waals surface area contributed by atoms with Gasteiger partial charge < -0.3 is 10.2 Å². The fourth-order valence-corrected chi connectivity index (χ4v) is 2.70. The van der Waals surface area contributed by atoms with E-state index < -0.39 is 0 Å². The standard InChI is InChI=1S/C15H22IN3/c1-2-3-4-6-13-11-14(12-18-15(13)16)19-9-5-7-17-8-10-19/h4,6,11-12,17H,2-3,5,7-10H2,1H3. The molecule has 2 heterocycles. The molecule has 0 amide bonds. The van der Waals surface area contributed by atoms with E-state index in [0.29, 0.717) is 0 Å². The summed E-state index contributed by atoms with van der Waals surface area (Å²) >= 11 is 2.31. The lowest BCUT2D eigenvalue weighted by Crippen LogP contribution is -2.28. The summed E-state index contributed by atoms with van der Waals surface area (Å²) in [5.74, 6) is 0. The molecule has 19 heavy (non-hydrogen) atoms. The highest BCUT2D eigenvalue weighted by Crippen LogP contribution is 2.20. The molecule has 2 rings (SSSR count). The molecular formula is C15H22IN3. The van der Waals surface area contributed by atoms with E-state index in [-0.39, 0.29) is 0 Å². The lowest BCUT2D eigenvalue weighted by molar-refractivity contribution is 0.724. The number of anilines is 1. The minimum atomic E-state index is 1.06. The number of nitrogens with zero attached hydrogens (tertiary/aromatic N) is 2. The first kappa shape index (κ1) is 14.8. The van der Waals surface area contributed by atoms with Crippen LogP contribution >= 0.6 is 22.6 Å². The molecule has 1 fully saturated rings. The Hall–Kier alpha value is -0.620. The van der Waals surface area contributed by atoms with Gasteiger partial charge in [0.25, 0.3) is 0 Å². The minimum Gasteiger partial charge on any atom is -0.369 e. The summed E-state index contributed by atoms with van der Waals surface area (Å²) in [5, 5.41) is 3.44. The van der Waals surface area contributed by atoms with E-state index in [4.69, 9.17) is 0 Å². The van der Waals surface area contributed by atoms with Gasteiger partial charge in [-0.1, -0.05) is 25.5 Å². The Bertz CT molecular complexity index is 423. The number of aromatic nitrogens is 1. The molecule has 0 bridgehead atoms. The van der Waals surface area contributed by atoms with E-state index >= 15 is 0 Å². The van der Waals surface area contributed by atoms with Crippen molar-refractivity contribution in [3.05, 3.63) is 27.6 Å². The number of hydrogen-bond acceptors (Lipinski definition) is 3. The number of allylic oxidation sites excluding steroid dienone is 1. The molecule has 3 nitrogen and oxygen atoms in total. The zero-order valence-electron chi connectivity index (χ0n) is 11.5. The van der Waals surface area contributed by atoms with Gasteiger partial charge in [-0.25, -0.2) is 4.98 Å². The Labute approximate surface area is 129 Å². The van der Waals surface area contributed by atoms with E-state index in [1.165, 1.54) is 24.1 Å². The lowest BCUT2D eigenvalue weighted by atomic mass is 10.2. The first-order chi connectivity index (χ1) is 9.31. The van der Waals surface area contributed by atoms with Crippen molar-refractivity contribution < 1.29 is 0 Å². The van der Waals surface area contributed by atoms with Crippen LogP contribution in [-0.2, 0) is 0 Å². The van der Waals surface area contributed by atoms with E-state index in [2.05, 4.69) is 62.9 Å². The van der Waals surface area contributed by atoms with E-state index in [1.807, 2.05) is 6.20 Å². The van der Waals surface area contributed by atoms with Crippen LogP contribution in [-0.4, -0.2) is 31.2 Å². The average Bonchev–Trinajstić information content (AvgIpc) is 2.70. The van der Waals surface area contributed by atoms with Crippen molar-refractivity contribution in [2.45, 2.75) is 26.2 Å². The van der Waals surface area contributed by atoms with Gasteiger partial charge in [0.05, 0.1) is 11.9 Å². The maximum atomic E-state index is 4.54. The Balaban J connectivity index is 2.14. The Kier molecular flexibility index (Phi) is 6.10. The fourth-order valence-electron chi connectivity index (χ4n) is 2.22. The highest BCUT2D eigenvalue weighted by Gasteiger charge is 2.11. The zero-order chi connectivity index (χ0) is 13.5. The number of nitrogens with one attached hydrogen (secondary N) is 1. The van der Waals surface area contributed by atoms with Crippen LogP contribution in [0.15, 0.2) is 18.3 Å². The van der Waals surface area contributed by atoms with Crippen LogP contribution in [0.1, 0.15) is 31.7 Å². The van der Waals surface area contributed by atoms with Crippen molar-refractivity contribution in [1.29, 1.82) is 0 Å². The first-order valence-electron chi connectivity index (χ1n) is 7.09. The van der Waals surface area contributed by atoms with Gasteiger partial charge in [0, 0.05) is 25.2 Å². The van der Waals surface area contributed by atoms with Gasteiger partial charge >= 0.3 is 0 Å². The first-order valence-corrected chi connectivity index (χ1v) is 8.17. The normalized spacial score (nSPS) is 16.8. The molecule has 1 aliphatic heterocycles. The van der Waals surface area contributed by atoms with Gasteiger partial charge in [-0.15, -0.1) is 0 Å². The van der Waals surface area contributed by atoms with Gasteiger partial charge in [-0.3, -0.25) is 0 Å². The second-order valence-electron chi connectivity index (χ2n) is 4.86. The van der Waals surface area contributed by atoms with Gasteiger partial charge in [0.2, 0.25) is 0 Å². The summed E-state index contributed by atoms with van der Waals surface area (Å²) < 4.78 is 1.08. The van der Waals surface area contributed by atoms with Crippen LogP contribution in [0.3, 0.4) is 0 Å². The van der Waals surface area contributed by atoms with Crippen LogP contribution in [0.25, 0.3) is 6.08 Å². The molecule has 1 saturated heterocycles. The molecule has 1 aliphatic rings. The number of hydrogen-bond donors (Lipinski definition) is 1. The quantitative estimate of drug-likeness (QED) is 0.650. The molecule has 0 spiro atoms. The SMILES string of the molecule is CCCC=Cc1cc(N2CCCNCC2)cnc1I. The molecular weight excluding hydrogens is 349 g/mol. The summed E-state index contributed by atoms with van der Waals surface area (Å²) in [5.41, 5.74) is 2.49. The Morgan fingerprint density at radius 1 is 1.42 bits per heavy atom. The average molecular weight is 371 g/mol. The molecule has 0 atom stereocenters. The topological polar surface area (TPSA) is 28.2 Å². The number of rotatable bonds is 4. The monoisotopic (exact) mass is 371 g/mol. The van der Waals surface area contributed by atoms with Crippen molar-refractivity contribution in [3.63, 3.8) is 0 Å². The largest absolute Gasteiger partial charge is 0.369 e. The third-order valence-corrected chi connectivity index (χ3v) is 4.21. The molecule has 104 valence electrons. The minimum absolute atomic E-state index is 1.06. The Morgan fingerprint density at radius 3 is 3.16 bits per heavy atom. The zero-order valence-corrected chi connectivity index (χ0v) is 13.7. The molecule has 4 heteroatoms. The van der Waals surface area contributed by atoms with Crippen LogP contribution in [0, 0.1) is 3.70 Å². The number of halogens is 1. The summed E-state index contributed by atoms with van der Waals surface area (Å²) in [6, 6.07) is 2.27. The van der Waals surface area contributed by atoms with Gasteiger partial charge in [-0.05, 0) is 48.0 Å². The van der Waals surface area contributed by atoms with Crippen molar-refractivity contribution in [1.82, 2.24) is 10.3 Å². The second-order valence-corrected chi connectivity index (χ2v) is 5.88. The highest BCUT2D eigenvalue weighted by molar-refractivity contribution is 14.1. The molecule has 0 unspecified atom stereocenters. The van der Waals surface area contributed by atoms with E-state index in [0.717, 1.165) is 36.3 Å². The van der Waals surface area contributed by atoms with Gasteiger partial charge in [0.1, 0.15) is 3.70 Å². The van der Waals surface area contributed by atoms with E-state index in [1.54, 1.807) is 0 Å². The maximum absolute atomic E-state index is 4.54. The molecule has 0 aliphatic carbocycles. The van der Waals surface area contributed by atoms with Gasteiger partial charge in [-0.2, -0.15) is 0 Å². The van der Waals surface area contributed by atoms with Crippen LogP contribution in [0.4, 0.5) is 5.69 Å².